The Hall–Kier alpha value is -4.71. The van der Waals surface area contributed by atoms with Crippen molar-refractivity contribution in [3.8, 4) is 11.8 Å². The fourth-order valence-corrected chi connectivity index (χ4v) is 3.88. The molecule has 2 atom stereocenters. The number of ether oxygens (including phenoxy) is 1. The molecule has 0 saturated carbocycles. The van der Waals surface area contributed by atoms with Crippen molar-refractivity contribution in [2.45, 2.75) is 25.6 Å². The number of carbonyl (C=O) groups is 2. The lowest BCUT2D eigenvalue weighted by atomic mass is 9.89. The van der Waals surface area contributed by atoms with Crippen molar-refractivity contribution in [1.29, 1.82) is 5.26 Å². The topological polar surface area (TPSA) is 126 Å². The first-order chi connectivity index (χ1) is 16.4. The summed E-state index contributed by atoms with van der Waals surface area (Å²) < 4.78 is 5.90. The van der Waals surface area contributed by atoms with Crippen molar-refractivity contribution in [1.82, 2.24) is 4.90 Å². The molecule has 4 rings (SSSR count). The maximum absolute atomic E-state index is 13.1. The number of nitrogens with one attached hydrogen (secondary N) is 1. The number of non-ortho nitro benzene ring substituents is 1. The molecule has 3 aromatic rings. The molecule has 1 N–H and O–H groups in total. The summed E-state index contributed by atoms with van der Waals surface area (Å²) >= 11 is 0. The molecular formula is C25H20N4O5. The van der Waals surface area contributed by atoms with Gasteiger partial charge in [0.25, 0.3) is 11.6 Å². The zero-order valence-corrected chi connectivity index (χ0v) is 18.2. The van der Waals surface area contributed by atoms with E-state index in [1.165, 1.54) is 25.1 Å². The van der Waals surface area contributed by atoms with Crippen LogP contribution in [0.4, 0.5) is 11.4 Å². The number of carbonyl (C=O) groups excluding carboxylic acids is 2. The van der Waals surface area contributed by atoms with Crippen molar-refractivity contribution in [2.75, 3.05) is 5.32 Å². The molecule has 1 aliphatic heterocycles. The normalized spacial score (nSPS) is 16.8. The molecule has 0 aliphatic carbocycles. The van der Waals surface area contributed by atoms with E-state index in [9.17, 15) is 19.7 Å². The highest BCUT2D eigenvalue weighted by atomic mass is 16.6. The summed E-state index contributed by atoms with van der Waals surface area (Å²) in [5, 5.41) is 22.9. The van der Waals surface area contributed by atoms with E-state index < -0.39 is 17.1 Å². The van der Waals surface area contributed by atoms with Crippen LogP contribution in [0.3, 0.4) is 0 Å². The minimum Gasteiger partial charge on any atom is -0.478 e. The van der Waals surface area contributed by atoms with Crippen LogP contribution in [0.5, 0.6) is 5.75 Å². The van der Waals surface area contributed by atoms with Gasteiger partial charge in [-0.15, -0.1) is 0 Å². The van der Waals surface area contributed by atoms with Gasteiger partial charge in [-0.25, -0.2) is 0 Å². The molecule has 1 saturated heterocycles. The molecule has 0 radical (unpaired) electrons. The van der Waals surface area contributed by atoms with Crippen molar-refractivity contribution >= 4 is 23.2 Å². The van der Waals surface area contributed by atoms with E-state index in [0.29, 0.717) is 11.3 Å². The molecule has 3 aromatic carbocycles. The van der Waals surface area contributed by atoms with E-state index in [1.54, 1.807) is 53.4 Å². The van der Waals surface area contributed by atoms with Gasteiger partial charge in [-0.3, -0.25) is 19.7 Å². The van der Waals surface area contributed by atoms with Gasteiger partial charge < -0.3 is 15.0 Å². The Bertz CT molecular complexity index is 1300. The Morgan fingerprint density at radius 2 is 1.88 bits per heavy atom. The van der Waals surface area contributed by atoms with Crippen LogP contribution in [-0.4, -0.2) is 27.7 Å². The molecule has 9 heteroatoms. The van der Waals surface area contributed by atoms with Crippen LogP contribution in [0, 0.1) is 21.4 Å². The molecule has 0 spiro atoms. The molecule has 2 amide bonds. The van der Waals surface area contributed by atoms with Crippen LogP contribution in [-0.2, 0) is 16.1 Å². The number of nitro benzene ring substituents is 1. The quantitative estimate of drug-likeness (QED) is 0.326. The standard InChI is InChI=1S/C25H20N4O5/c1-16(30)27-20-5-2-4-18(12-20)15-28-23(19-10-8-17(14-26)9-11-19)24(25(28)31)34-22-7-3-6-21(13-22)29(32)33/h2-13,23-24H,15H2,1H3,(H,27,30)/t23-,24-/m0/s1. The van der Waals surface area contributed by atoms with Gasteiger partial charge in [0.15, 0.2) is 0 Å². The third-order valence-corrected chi connectivity index (χ3v) is 5.42. The van der Waals surface area contributed by atoms with E-state index >= 15 is 0 Å². The summed E-state index contributed by atoms with van der Waals surface area (Å²) in [5.74, 6) is -0.248. The summed E-state index contributed by atoms with van der Waals surface area (Å²) in [6, 6.07) is 21.3. The van der Waals surface area contributed by atoms with Crippen molar-refractivity contribution in [3.63, 3.8) is 0 Å². The molecule has 0 unspecified atom stereocenters. The number of benzene rings is 3. The number of nitriles is 1. The third-order valence-electron chi connectivity index (χ3n) is 5.42. The predicted octanol–water partition coefficient (Wildman–Crippen LogP) is 3.96. The fourth-order valence-electron chi connectivity index (χ4n) is 3.88. The molecule has 1 heterocycles. The summed E-state index contributed by atoms with van der Waals surface area (Å²) in [5.41, 5.74) is 2.56. The molecule has 0 bridgehead atoms. The molecule has 9 nitrogen and oxygen atoms in total. The van der Waals surface area contributed by atoms with Gasteiger partial charge >= 0.3 is 0 Å². The number of hydrogen-bond donors (Lipinski definition) is 1. The van der Waals surface area contributed by atoms with Crippen molar-refractivity contribution in [3.05, 3.63) is 99.6 Å². The lowest BCUT2D eigenvalue weighted by Gasteiger charge is -2.46. The molecule has 170 valence electrons. The summed E-state index contributed by atoms with van der Waals surface area (Å²) in [4.78, 5) is 36.7. The highest BCUT2D eigenvalue weighted by molar-refractivity contribution is 5.90. The highest BCUT2D eigenvalue weighted by Crippen LogP contribution is 2.39. The van der Waals surface area contributed by atoms with Gasteiger partial charge in [-0.05, 0) is 41.5 Å². The summed E-state index contributed by atoms with van der Waals surface area (Å²) in [6.07, 6.45) is -0.881. The number of hydrogen-bond acceptors (Lipinski definition) is 6. The van der Waals surface area contributed by atoms with Crippen LogP contribution in [0.15, 0.2) is 72.8 Å². The minimum atomic E-state index is -0.881. The first kappa shape index (κ1) is 22.5. The van der Waals surface area contributed by atoms with E-state index in [-0.39, 0.29) is 29.8 Å². The Morgan fingerprint density at radius 3 is 2.56 bits per heavy atom. The van der Waals surface area contributed by atoms with Gasteiger partial charge in [0, 0.05) is 25.2 Å². The summed E-state index contributed by atoms with van der Waals surface area (Å²) in [6.45, 7) is 1.69. The molecule has 1 fully saturated rings. The van der Waals surface area contributed by atoms with E-state index in [0.717, 1.165) is 11.1 Å². The van der Waals surface area contributed by atoms with Crippen LogP contribution >= 0.6 is 0 Å². The second-order valence-corrected chi connectivity index (χ2v) is 7.82. The number of nitro groups is 1. The number of amides is 2. The third kappa shape index (κ3) is 4.71. The van der Waals surface area contributed by atoms with Gasteiger partial charge in [-0.2, -0.15) is 5.26 Å². The Kier molecular flexibility index (Phi) is 6.23. The minimum absolute atomic E-state index is 0.133. The van der Waals surface area contributed by atoms with Gasteiger partial charge in [0.1, 0.15) is 11.8 Å². The monoisotopic (exact) mass is 456 g/mol. The Morgan fingerprint density at radius 1 is 1.15 bits per heavy atom. The number of rotatable bonds is 7. The predicted molar refractivity (Wildman–Crippen MR) is 123 cm³/mol. The molecular weight excluding hydrogens is 436 g/mol. The van der Waals surface area contributed by atoms with Crippen LogP contribution in [0.2, 0.25) is 0 Å². The lowest BCUT2D eigenvalue weighted by Crippen LogP contribution is -2.60. The zero-order valence-electron chi connectivity index (χ0n) is 18.2. The smallest absolute Gasteiger partial charge is 0.273 e. The molecule has 0 aromatic heterocycles. The van der Waals surface area contributed by atoms with Crippen molar-refractivity contribution < 1.29 is 19.2 Å². The maximum Gasteiger partial charge on any atom is 0.273 e. The first-order valence-corrected chi connectivity index (χ1v) is 10.4. The van der Waals surface area contributed by atoms with Gasteiger partial charge in [-0.1, -0.05) is 30.3 Å². The van der Waals surface area contributed by atoms with Gasteiger partial charge in [0.2, 0.25) is 12.0 Å². The number of β-lactam (4-membered cyclic amide) rings is 1. The Labute approximate surface area is 195 Å². The number of anilines is 1. The summed E-state index contributed by atoms with van der Waals surface area (Å²) in [7, 11) is 0. The van der Waals surface area contributed by atoms with E-state index in [2.05, 4.69) is 11.4 Å². The highest BCUT2D eigenvalue weighted by Gasteiger charge is 2.50. The van der Waals surface area contributed by atoms with E-state index in [4.69, 9.17) is 10.00 Å². The maximum atomic E-state index is 13.1. The van der Waals surface area contributed by atoms with E-state index in [1.807, 2.05) is 6.07 Å². The Balaban J connectivity index is 1.62. The van der Waals surface area contributed by atoms with Crippen molar-refractivity contribution in [2.24, 2.45) is 0 Å². The first-order valence-electron chi connectivity index (χ1n) is 10.4. The lowest BCUT2D eigenvalue weighted by molar-refractivity contribution is -0.385. The zero-order chi connectivity index (χ0) is 24.2. The fraction of sp³-hybridized carbons (Fsp3) is 0.160. The average molecular weight is 456 g/mol. The largest absolute Gasteiger partial charge is 0.478 e. The van der Waals surface area contributed by atoms with Gasteiger partial charge in [0.05, 0.1) is 22.6 Å². The molecule has 1 aliphatic rings. The second-order valence-electron chi connectivity index (χ2n) is 7.82. The second kappa shape index (κ2) is 9.42. The number of nitrogens with zero attached hydrogens (tertiary/aromatic N) is 3. The van der Waals surface area contributed by atoms with Crippen LogP contribution < -0.4 is 10.1 Å². The average Bonchev–Trinajstić information content (AvgIpc) is 2.83. The molecule has 34 heavy (non-hydrogen) atoms. The number of likely N-dealkylation sites (tertiary alicyclic amines) is 1. The van der Waals surface area contributed by atoms with Crippen LogP contribution in [0.1, 0.15) is 29.7 Å². The van der Waals surface area contributed by atoms with Crippen LogP contribution in [0.25, 0.3) is 0 Å². The SMILES string of the molecule is CC(=O)Nc1cccc(CN2C(=O)[C@@H](Oc3cccc([N+](=O)[O-])c3)[C@@H]2c2ccc(C#N)cc2)c1.